The predicted octanol–water partition coefficient (Wildman–Crippen LogP) is 1.24. The van der Waals surface area contributed by atoms with Crippen molar-refractivity contribution in [3.8, 4) is 0 Å². The van der Waals surface area contributed by atoms with Crippen LogP contribution in [-0.4, -0.2) is 28.5 Å². The van der Waals surface area contributed by atoms with Crippen LogP contribution < -0.4 is 5.32 Å². The summed E-state index contributed by atoms with van der Waals surface area (Å²) in [6.07, 6.45) is 4.34. The number of carboxylic acid groups (broad SMARTS) is 1. The van der Waals surface area contributed by atoms with Crippen molar-refractivity contribution in [1.29, 1.82) is 0 Å². The second kappa shape index (κ2) is 7.42. The molecule has 1 aromatic rings. The second-order valence-corrected chi connectivity index (χ2v) is 4.37. The number of pyridine rings is 1. The second-order valence-electron chi connectivity index (χ2n) is 4.37. The summed E-state index contributed by atoms with van der Waals surface area (Å²) in [7, 11) is 0. The van der Waals surface area contributed by atoms with Gasteiger partial charge in [0.2, 0.25) is 5.91 Å². The van der Waals surface area contributed by atoms with Crippen molar-refractivity contribution < 1.29 is 14.7 Å². The summed E-state index contributed by atoms with van der Waals surface area (Å²) >= 11 is 0. The molecule has 0 aliphatic rings. The highest BCUT2D eigenvalue weighted by molar-refractivity contribution is 5.78. The molecule has 0 saturated heterocycles. The first-order valence-electron chi connectivity index (χ1n) is 5.95. The average molecular weight is 250 g/mol. The van der Waals surface area contributed by atoms with E-state index in [4.69, 9.17) is 5.11 Å². The number of hydrogen-bond donors (Lipinski definition) is 2. The van der Waals surface area contributed by atoms with E-state index in [0.717, 1.165) is 5.56 Å². The van der Waals surface area contributed by atoms with Gasteiger partial charge in [-0.15, -0.1) is 0 Å². The molecular weight excluding hydrogens is 232 g/mol. The van der Waals surface area contributed by atoms with Crippen LogP contribution in [0.3, 0.4) is 0 Å². The highest BCUT2D eigenvalue weighted by atomic mass is 16.4. The third-order valence-corrected chi connectivity index (χ3v) is 2.61. The largest absolute Gasteiger partial charge is 0.481 e. The maximum Gasteiger partial charge on any atom is 0.303 e. The summed E-state index contributed by atoms with van der Waals surface area (Å²) < 4.78 is 0. The summed E-state index contributed by atoms with van der Waals surface area (Å²) in [5, 5.41) is 11.3. The van der Waals surface area contributed by atoms with E-state index in [1.807, 2.05) is 6.92 Å². The number of carboxylic acids is 1. The molecule has 5 nitrogen and oxygen atoms in total. The smallest absolute Gasteiger partial charge is 0.303 e. The van der Waals surface area contributed by atoms with E-state index in [-0.39, 0.29) is 18.2 Å². The zero-order chi connectivity index (χ0) is 13.4. The molecule has 0 radical (unpaired) electrons. The zero-order valence-corrected chi connectivity index (χ0v) is 10.4. The van der Waals surface area contributed by atoms with E-state index in [0.29, 0.717) is 19.4 Å². The number of nitrogens with zero attached hydrogens (tertiary/aromatic N) is 1. The molecule has 1 heterocycles. The predicted molar refractivity (Wildman–Crippen MR) is 67.0 cm³/mol. The lowest BCUT2D eigenvalue weighted by Crippen LogP contribution is -2.29. The molecule has 0 bridgehead atoms. The SMILES string of the molecule is CC(CCC(=O)O)CNC(=O)Cc1ccncc1. The lowest BCUT2D eigenvalue weighted by molar-refractivity contribution is -0.137. The number of rotatable bonds is 7. The van der Waals surface area contributed by atoms with Crippen LogP contribution in [0.25, 0.3) is 0 Å². The van der Waals surface area contributed by atoms with E-state index in [2.05, 4.69) is 10.3 Å². The lowest BCUT2D eigenvalue weighted by Gasteiger charge is -2.11. The first-order chi connectivity index (χ1) is 8.58. The number of nitrogens with one attached hydrogen (secondary N) is 1. The molecule has 98 valence electrons. The number of aliphatic carboxylic acids is 1. The Morgan fingerprint density at radius 1 is 1.39 bits per heavy atom. The normalized spacial score (nSPS) is 11.8. The van der Waals surface area contributed by atoms with Crippen molar-refractivity contribution in [2.45, 2.75) is 26.2 Å². The van der Waals surface area contributed by atoms with E-state index in [9.17, 15) is 9.59 Å². The van der Waals surface area contributed by atoms with Gasteiger partial charge in [0.05, 0.1) is 6.42 Å². The number of aromatic nitrogens is 1. The fraction of sp³-hybridized carbons (Fsp3) is 0.462. The Kier molecular flexibility index (Phi) is 5.84. The lowest BCUT2D eigenvalue weighted by atomic mass is 10.1. The van der Waals surface area contributed by atoms with Gasteiger partial charge < -0.3 is 10.4 Å². The highest BCUT2D eigenvalue weighted by Crippen LogP contribution is 2.04. The highest BCUT2D eigenvalue weighted by Gasteiger charge is 2.08. The van der Waals surface area contributed by atoms with Crippen molar-refractivity contribution in [2.24, 2.45) is 5.92 Å². The molecule has 1 aromatic heterocycles. The molecule has 2 N–H and O–H groups in total. The average Bonchev–Trinajstić information content (AvgIpc) is 2.35. The first-order valence-corrected chi connectivity index (χ1v) is 5.95. The Bertz CT molecular complexity index is 392. The Hall–Kier alpha value is -1.91. The summed E-state index contributed by atoms with van der Waals surface area (Å²) in [6, 6.07) is 3.60. The van der Waals surface area contributed by atoms with Crippen LogP contribution in [0.4, 0.5) is 0 Å². The number of hydrogen-bond acceptors (Lipinski definition) is 3. The zero-order valence-electron chi connectivity index (χ0n) is 10.4. The maximum absolute atomic E-state index is 11.6. The van der Waals surface area contributed by atoms with Gasteiger partial charge in [0.15, 0.2) is 0 Å². The van der Waals surface area contributed by atoms with Crippen LogP contribution in [0.15, 0.2) is 24.5 Å². The Labute approximate surface area is 106 Å². The van der Waals surface area contributed by atoms with Crippen molar-refractivity contribution in [3.05, 3.63) is 30.1 Å². The van der Waals surface area contributed by atoms with E-state index in [1.165, 1.54) is 0 Å². The minimum absolute atomic E-state index is 0.0524. The molecule has 0 aromatic carbocycles. The van der Waals surface area contributed by atoms with Gasteiger partial charge in [-0.3, -0.25) is 14.6 Å². The van der Waals surface area contributed by atoms with Crippen LogP contribution in [0.5, 0.6) is 0 Å². The molecule has 1 rings (SSSR count). The summed E-state index contributed by atoms with van der Waals surface area (Å²) in [5.74, 6) is -0.684. The number of amides is 1. The van der Waals surface area contributed by atoms with Crippen LogP contribution in [0.1, 0.15) is 25.3 Å². The molecule has 0 fully saturated rings. The topological polar surface area (TPSA) is 79.3 Å². The molecule has 0 aliphatic heterocycles. The van der Waals surface area contributed by atoms with Crippen LogP contribution in [-0.2, 0) is 16.0 Å². The molecule has 0 saturated carbocycles. The fourth-order valence-electron chi connectivity index (χ4n) is 1.51. The maximum atomic E-state index is 11.6. The number of carbonyl (C=O) groups excluding carboxylic acids is 1. The minimum atomic E-state index is -0.801. The van der Waals surface area contributed by atoms with Gasteiger partial charge in [-0.25, -0.2) is 0 Å². The van der Waals surface area contributed by atoms with Gasteiger partial charge in [0, 0.05) is 25.4 Å². The van der Waals surface area contributed by atoms with Gasteiger partial charge in [-0.1, -0.05) is 6.92 Å². The summed E-state index contributed by atoms with van der Waals surface area (Å²) in [4.78, 5) is 25.9. The van der Waals surface area contributed by atoms with Gasteiger partial charge in [-0.05, 0) is 30.0 Å². The Morgan fingerprint density at radius 2 is 2.06 bits per heavy atom. The van der Waals surface area contributed by atoms with Crippen LogP contribution in [0, 0.1) is 5.92 Å². The molecule has 1 atom stereocenters. The third-order valence-electron chi connectivity index (χ3n) is 2.61. The monoisotopic (exact) mass is 250 g/mol. The molecule has 1 amide bonds. The Morgan fingerprint density at radius 3 is 2.67 bits per heavy atom. The summed E-state index contributed by atoms with van der Waals surface area (Å²) in [6.45, 7) is 2.44. The minimum Gasteiger partial charge on any atom is -0.481 e. The van der Waals surface area contributed by atoms with Crippen molar-refractivity contribution in [2.75, 3.05) is 6.54 Å². The van der Waals surface area contributed by atoms with E-state index < -0.39 is 5.97 Å². The molecule has 5 heteroatoms. The molecule has 18 heavy (non-hydrogen) atoms. The van der Waals surface area contributed by atoms with E-state index in [1.54, 1.807) is 24.5 Å². The number of carbonyl (C=O) groups is 2. The fourth-order valence-corrected chi connectivity index (χ4v) is 1.51. The molecule has 0 spiro atoms. The van der Waals surface area contributed by atoms with Crippen molar-refractivity contribution in [3.63, 3.8) is 0 Å². The molecule has 0 aliphatic carbocycles. The molecular formula is C13H18N2O3. The van der Waals surface area contributed by atoms with Crippen molar-refractivity contribution in [1.82, 2.24) is 10.3 Å². The quantitative estimate of drug-likeness (QED) is 0.763. The standard InChI is InChI=1S/C13H18N2O3/c1-10(2-3-13(17)18)9-15-12(16)8-11-4-6-14-7-5-11/h4-7,10H,2-3,8-9H2,1H3,(H,15,16)(H,17,18). The summed E-state index contributed by atoms with van der Waals surface area (Å²) in [5.41, 5.74) is 0.917. The Balaban J connectivity index is 2.23. The third kappa shape index (κ3) is 5.98. The van der Waals surface area contributed by atoms with E-state index >= 15 is 0 Å². The first kappa shape index (κ1) is 14.2. The van der Waals surface area contributed by atoms with Gasteiger partial charge >= 0.3 is 5.97 Å². The van der Waals surface area contributed by atoms with Crippen molar-refractivity contribution >= 4 is 11.9 Å². The molecule has 1 unspecified atom stereocenters. The van der Waals surface area contributed by atoms with Crippen LogP contribution in [0.2, 0.25) is 0 Å². The van der Waals surface area contributed by atoms with Gasteiger partial charge in [0.1, 0.15) is 0 Å². The van der Waals surface area contributed by atoms with Gasteiger partial charge in [-0.2, -0.15) is 0 Å². The van der Waals surface area contributed by atoms with Gasteiger partial charge in [0.25, 0.3) is 0 Å². The van der Waals surface area contributed by atoms with Crippen LogP contribution >= 0.6 is 0 Å².